The van der Waals surface area contributed by atoms with Crippen molar-refractivity contribution < 1.29 is 0 Å². The molecule has 41 heavy (non-hydrogen) atoms. The molecule has 0 aromatic heterocycles. The molecule has 0 aliphatic heterocycles. The molecule has 0 bridgehead atoms. The number of nitrogens with zero attached hydrogens (tertiary/aromatic N) is 1. The van der Waals surface area contributed by atoms with Gasteiger partial charge in [-0.15, -0.1) is 0 Å². The molecule has 1 nitrogen and oxygen atoms in total. The number of allylic oxidation sites excluding steroid dienone is 7. The van der Waals surface area contributed by atoms with Crippen molar-refractivity contribution in [1.29, 1.82) is 0 Å². The average Bonchev–Trinajstić information content (AvgIpc) is 3.06. The summed E-state index contributed by atoms with van der Waals surface area (Å²) in [6, 6.07) is 44.0. The maximum absolute atomic E-state index is 2.46. The summed E-state index contributed by atoms with van der Waals surface area (Å²) >= 11 is 0. The van der Waals surface area contributed by atoms with Gasteiger partial charge in [0.15, 0.2) is 0 Å². The van der Waals surface area contributed by atoms with Crippen molar-refractivity contribution in [3.63, 3.8) is 0 Å². The lowest BCUT2D eigenvalue weighted by atomic mass is 9.89. The van der Waals surface area contributed by atoms with Crippen molar-refractivity contribution >= 4 is 27.7 Å². The van der Waals surface area contributed by atoms with E-state index in [0.717, 1.165) is 19.3 Å². The van der Waals surface area contributed by atoms with E-state index in [0.29, 0.717) is 5.92 Å². The van der Waals surface area contributed by atoms with E-state index in [4.69, 9.17) is 0 Å². The van der Waals surface area contributed by atoms with Crippen LogP contribution in [0.5, 0.6) is 0 Å². The second-order valence-corrected chi connectivity index (χ2v) is 10.8. The Hall–Kier alpha value is -4.88. The van der Waals surface area contributed by atoms with E-state index in [1.807, 2.05) is 0 Å². The second kappa shape index (κ2) is 11.3. The molecule has 0 amide bonds. The Labute approximate surface area is 243 Å². The van der Waals surface area contributed by atoms with Gasteiger partial charge in [-0.3, -0.25) is 0 Å². The van der Waals surface area contributed by atoms with Crippen molar-refractivity contribution in [3.8, 4) is 11.1 Å². The first-order valence-electron chi connectivity index (χ1n) is 14.6. The average molecular weight is 528 g/mol. The van der Waals surface area contributed by atoms with E-state index in [1.165, 1.54) is 55.7 Å². The highest BCUT2D eigenvalue weighted by Crippen LogP contribution is 2.42. The lowest BCUT2D eigenvalue weighted by Crippen LogP contribution is -2.18. The summed E-state index contributed by atoms with van der Waals surface area (Å²) in [4.78, 5) is 2.46. The molecule has 0 N–H and O–H groups in total. The molecule has 2 aliphatic rings. The number of anilines is 2. The highest BCUT2D eigenvalue weighted by atomic mass is 15.1. The highest BCUT2D eigenvalue weighted by molar-refractivity contribution is 5.98. The van der Waals surface area contributed by atoms with E-state index in [9.17, 15) is 0 Å². The quantitative estimate of drug-likeness (QED) is 0.212. The molecular formula is C40H33N. The van der Waals surface area contributed by atoms with Crippen molar-refractivity contribution in [3.05, 3.63) is 175 Å². The van der Waals surface area contributed by atoms with E-state index in [1.54, 1.807) is 0 Å². The number of fused-ring (bicyclic) bond motifs is 1. The molecule has 0 saturated carbocycles. The molecule has 1 atom stereocenters. The molecule has 198 valence electrons. The fraction of sp³-hybridized carbons (Fsp3) is 0.100. The zero-order valence-electron chi connectivity index (χ0n) is 23.2. The minimum atomic E-state index is 0.393. The van der Waals surface area contributed by atoms with Crippen molar-refractivity contribution in [2.24, 2.45) is 0 Å². The Morgan fingerprint density at radius 1 is 0.683 bits per heavy atom. The summed E-state index contributed by atoms with van der Waals surface area (Å²) in [7, 11) is 0. The second-order valence-electron chi connectivity index (χ2n) is 10.8. The van der Waals surface area contributed by atoms with Crippen LogP contribution in [-0.4, -0.2) is 0 Å². The summed E-state index contributed by atoms with van der Waals surface area (Å²) in [5.41, 5.74) is 10.2. The van der Waals surface area contributed by atoms with Gasteiger partial charge in [0, 0.05) is 22.7 Å². The monoisotopic (exact) mass is 527 g/mol. The Bertz CT molecular complexity index is 1800. The fourth-order valence-electron chi connectivity index (χ4n) is 6.19. The third-order valence-electron chi connectivity index (χ3n) is 8.28. The minimum absolute atomic E-state index is 0.393. The lowest BCUT2D eigenvalue weighted by Gasteiger charge is -2.31. The summed E-state index contributed by atoms with van der Waals surface area (Å²) in [6.07, 6.45) is 17.0. The molecule has 1 heteroatoms. The maximum Gasteiger partial charge on any atom is 0.0539 e. The van der Waals surface area contributed by atoms with Gasteiger partial charge in [-0.1, -0.05) is 134 Å². The molecule has 5 aromatic rings. The predicted molar refractivity (Wildman–Crippen MR) is 175 cm³/mol. The van der Waals surface area contributed by atoms with Crippen LogP contribution < -0.4 is 4.90 Å². The van der Waals surface area contributed by atoms with Gasteiger partial charge in [0.25, 0.3) is 0 Å². The van der Waals surface area contributed by atoms with Crippen LogP contribution in [0.1, 0.15) is 36.3 Å². The largest absolute Gasteiger partial charge is 0.310 e. The Morgan fingerprint density at radius 2 is 1.46 bits per heavy atom. The van der Waals surface area contributed by atoms with Crippen molar-refractivity contribution in [2.45, 2.75) is 25.2 Å². The first-order valence-corrected chi connectivity index (χ1v) is 14.6. The molecule has 0 fully saturated rings. The van der Waals surface area contributed by atoms with Crippen LogP contribution >= 0.6 is 0 Å². The van der Waals surface area contributed by atoms with Gasteiger partial charge in [-0.25, -0.2) is 0 Å². The minimum Gasteiger partial charge on any atom is -0.310 e. The molecule has 1 unspecified atom stereocenters. The van der Waals surface area contributed by atoms with Crippen LogP contribution in [0, 0.1) is 0 Å². The van der Waals surface area contributed by atoms with Crippen LogP contribution in [0.4, 0.5) is 11.4 Å². The molecule has 0 radical (unpaired) electrons. The third kappa shape index (κ3) is 5.08. The van der Waals surface area contributed by atoms with Crippen LogP contribution in [0.15, 0.2) is 163 Å². The molecule has 5 aromatic carbocycles. The Morgan fingerprint density at radius 3 is 2.24 bits per heavy atom. The number of benzene rings is 5. The number of hydrogen-bond donors (Lipinski definition) is 0. The molecule has 0 spiro atoms. The Kier molecular flexibility index (Phi) is 6.93. The predicted octanol–water partition coefficient (Wildman–Crippen LogP) is 11.0. The zero-order valence-corrected chi connectivity index (χ0v) is 23.2. The molecular weight excluding hydrogens is 494 g/mol. The van der Waals surface area contributed by atoms with Gasteiger partial charge in [0.2, 0.25) is 0 Å². The van der Waals surface area contributed by atoms with Gasteiger partial charge in [-0.2, -0.15) is 0 Å². The van der Waals surface area contributed by atoms with Gasteiger partial charge in [0.05, 0.1) is 5.69 Å². The Balaban J connectivity index is 1.38. The van der Waals surface area contributed by atoms with Crippen LogP contribution in [0.3, 0.4) is 0 Å². The zero-order chi connectivity index (χ0) is 27.4. The lowest BCUT2D eigenvalue weighted by molar-refractivity contribution is 0.840. The van der Waals surface area contributed by atoms with Gasteiger partial charge < -0.3 is 4.90 Å². The SMILES string of the molecule is C1=CCCC(c2cc(N(C3=CCC(c4ccccc4)C=C3)c3cccc4ccccc34)ccc2-c2ccccc2)=C1. The first-order chi connectivity index (χ1) is 20.3. The van der Waals surface area contributed by atoms with Crippen LogP contribution in [0.2, 0.25) is 0 Å². The van der Waals surface area contributed by atoms with E-state index in [-0.39, 0.29) is 0 Å². The molecule has 0 saturated heterocycles. The van der Waals surface area contributed by atoms with E-state index < -0.39 is 0 Å². The van der Waals surface area contributed by atoms with Crippen LogP contribution in [0.25, 0.3) is 27.5 Å². The van der Waals surface area contributed by atoms with Gasteiger partial charge in [-0.05, 0) is 76.8 Å². The van der Waals surface area contributed by atoms with E-state index in [2.05, 4.69) is 163 Å². The van der Waals surface area contributed by atoms with Gasteiger partial charge >= 0.3 is 0 Å². The fourth-order valence-corrected chi connectivity index (χ4v) is 6.19. The van der Waals surface area contributed by atoms with Crippen molar-refractivity contribution in [1.82, 2.24) is 0 Å². The normalized spacial score (nSPS) is 16.3. The molecule has 7 rings (SSSR count). The highest BCUT2D eigenvalue weighted by Gasteiger charge is 2.21. The van der Waals surface area contributed by atoms with Crippen LogP contribution in [-0.2, 0) is 0 Å². The molecule has 2 aliphatic carbocycles. The standard InChI is InChI=1S/C40H33N/c1-4-13-30(14-5-1)31-23-25-35(26-24-31)41(40-22-12-20-33-19-10-11-21-38(33)40)36-27-28-37(32-15-6-2-7-16-32)39(29-36)34-17-8-3-9-18-34/h1-8,10-17,19-23,25-29,31H,9,18,24H2. The molecule has 0 heterocycles. The smallest absolute Gasteiger partial charge is 0.0539 e. The summed E-state index contributed by atoms with van der Waals surface area (Å²) in [5.74, 6) is 0.393. The first kappa shape index (κ1) is 25.1. The number of rotatable bonds is 6. The summed E-state index contributed by atoms with van der Waals surface area (Å²) in [6.45, 7) is 0. The topological polar surface area (TPSA) is 3.24 Å². The summed E-state index contributed by atoms with van der Waals surface area (Å²) in [5, 5.41) is 2.50. The van der Waals surface area contributed by atoms with E-state index >= 15 is 0 Å². The maximum atomic E-state index is 2.46. The summed E-state index contributed by atoms with van der Waals surface area (Å²) < 4.78 is 0. The number of hydrogen-bond acceptors (Lipinski definition) is 1. The van der Waals surface area contributed by atoms with Crippen molar-refractivity contribution in [2.75, 3.05) is 4.90 Å². The third-order valence-corrected chi connectivity index (χ3v) is 8.28. The van der Waals surface area contributed by atoms with Gasteiger partial charge in [0.1, 0.15) is 0 Å².